The highest BCUT2D eigenvalue weighted by molar-refractivity contribution is 9.10. The lowest BCUT2D eigenvalue weighted by atomic mass is 10.2. The highest BCUT2D eigenvalue weighted by atomic mass is 79.9. The van der Waals surface area contributed by atoms with Gasteiger partial charge in [0, 0.05) is 6.20 Å². The molecule has 0 aliphatic carbocycles. The van der Waals surface area contributed by atoms with E-state index in [9.17, 15) is 0 Å². The Labute approximate surface area is 96.1 Å². The maximum absolute atomic E-state index is 8.79. The van der Waals surface area contributed by atoms with E-state index in [1.54, 1.807) is 10.9 Å². The number of hydrogen-bond acceptors (Lipinski definition) is 2. The minimum Gasteiger partial charge on any atom is -0.238 e. The van der Waals surface area contributed by atoms with Crippen molar-refractivity contribution < 1.29 is 0 Å². The van der Waals surface area contributed by atoms with E-state index in [1.807, 2.05) is 37.3 Å². The molecule has 0 aliphatic heterocycles. The van der Waals surface area contributed by atoms with Crippen LogP contribution in [0.4, 0.5) is 0 Å². The van der Waals surface area contributed by atoms with Crippen LogP contribution < -0.4 is 0 Å². The topological polar surface area (TPSA) is 41.6 Å². The molecule has 0 fully saturated rings. The summed E-state index contributed by atoms with van der Waals surface area (Å²) >= 11 is 3.29. The van der Waals surface area contributed by atoms with E-state index >= 15 is 0 Å². The number of rotatable bonds is 1. The zero-order chi connectivity index (χ0) is 10.8. The molecule has 15 heavy (non-hydrogen) atoms. The van der Waals surface area contributed by atoms with Crippen molar-refractivity contribution in [1.29, 1.82) is 5.26 Å². The zero-order valence-corrected chi connectivity index (χ0v) is 9.69. The number of nitrogens with zero attached hydrogens (tertiary/aromatic N) is 3. The molecule has 3 nitrogen and oxygen atoms in total. The summed E-state index contributed by atoms with van der Waals surface area (Å²) in [6.07, 6.45) is 1.79. The molecule has 0 radical (unpaired) electrons. The zero-order valence-electron chi connectivity index (χ0n) is 8.11. The van der Waals surface area contributed by atoms with Gasteiger partial charge in [0.1, 0.15) is 6.07 Å². The van der Waals surface area contributed by atoms with E-state index in [-0.39, 0.29) is 0 Å². The Hall–Kier alpha value is -1.60. The smallest absolute Gasteiger partial charge is 0.177 e. The minimum absolute atomic E-state index is 0.401. The number of aryl methyl sites for hydroxylation is 1. The highest BCUT2D eigenvalue weighted by Gasteiger charge is 2.07. The van der Waals surface area contributed by atoms with Crippen molar-refractivity contribution in [3.8, 4) is 11.8 Å². The van der Waals surface area contributed by atoms with E-state index in [0.717, 1.165) is 11.3 Å². The second-order valence-corrected chi connectivity index (χ2v) is 4.02. The van der Waals surface area contributed by atoms with E-state index in [2.05, 4.69) is 21.0 Å². The predicted molar refractivity (Wildman–Crippen MR) is 60.7 cm³/mol. The van der Waals surface area contributed by atoms with Crippen molar-refractivity contribution in [3.05, 3.63) is 46.2 Å². The van der Waals surface area contributed by atoms with E-state index in [1.165, 1.54) is 0 Å². The van der Waals surface area contributed by atoms with Gasteiger partial charge < -0.3 is 0 Å². The number of nitriles is 1. The summed E-state index contributed by atoms with van der Waals surface area (Å²) in [4.78, 5) is 0. The molecule has 0 saturated carbocycles. The molecule has 0 atom stereocenters. The maximum Gasteiger partial charge on any atom is 0.177 e. The molecule has 0 bridgehead atoms. The number of halogens is 1. The van der Waals surface area contributed by atoms with Crippen LogP contribution in [0.15, 0.2) is 34.9 Å². The molecule has 0 spiro atoms. The van der Waals surface area contributed by atoms with Gasteiger partial charge in [-0.15, -0.1) is 0 Å². The van der Waals surface area contributed by atoms with Crippen LogP contribution in [-0.4, -0.2) is 9.78 Å². The molecule has 2 rings (SSSR count). The van der Waals surface area contributed by atoms with Crippen molar-refractivity contribution in [3.63, 3.8) is 0 Å². The molecule has 2 aromatic rings. The standard InChI is InChI=1S/C11H8BrN3/c1-8-4-2-3-5-11(8)15-7-9(12)10(6-13)14-15/h2-5,7H,1H3. The Morgan fingerprint density at radius 2 is 2.13 bits per heavy atom. The van der Waals surface area contributed by atoms with Crippen LogP contribution in [0.5, 0.6) is 0 Å². The number of hydrogen-bond donors (Lipinski definition) is 0. The molecule has 74 valence electrons. The van der Waals surface area contributed by atoms with E-state index in [0.29, 0.717) is 10.2 Å². The third kappa shape index (κ3) is 1.79. The van der Waals surface area contributed by atoms with Gasteiger partial charge in [-0.1, -0.05) is 18.2 Å². The molecular weight excluding hydrogens is 254 g/mol. The van der Waals surface area contributed by atoms with Crippen LogP contribution in [0.2, 0.25) is 0 Å². The lowest BCUT2D eigenvalue weighted by Gasteiger charge is -2.03. The van der Waals surface area contributed by atoms with Gasteiger partial charge in [-0.25, -0.2) is 4.68 Å². The summed E-state index contributed by atoms with van der Waals surface area (Å²) in [6.45, 7) is 2.01. The van der Waals surface area contributed by atoms with Gasteiger partial charge in [0.2, 0.25) is 0 Å². The Bertz CT molecular complexity index is 537. The normalized spacial score (nSPS) is 9.93. The van der Waals surface area contributed by atoms with Crippen molar-refractivity contribution in [2.75, 3.05) is 0 Å². The molecule has 0 unspecified atom stereocenters. The molecule has 0 saturated heterocycles. The first kappa shape index (κ1) is 9.94. The summed E-state index contributed by atoms with van der Waals surface area (Å²) in [7, 11) is 0. The molecule has 1 aromatic carbocycles. The highest BCUT2D eigenvalue weighted by Crippen LogP contribution is 2.19. The van der Waals surface area contributed by atoms with Crippen LogP contribution in [0, 0.1) is 18.3 Å². The van der Waals surface area contributed by atoms with Gasteiger partial charge >= 0.3 is 0 Å². The van der Waals surface area contributed by atoms with Crippen LogP contribution in [0.3, 0.4) is 0 Å². The van der Waals surface area contributed by atoms with Crippen LogP contribution in [0.25, 0.3) is 5.69 Å². The molecule has 4 heteroatoms. The van der Waals surface area contributed by atoms with Gasteiger partial charge in [-0.2, -0.15) is 10.4 Å². The summed E-state index contributed by atoms with van der Waals surface area (Å²) in [5.74, 6) is 0. The van der Waals surface area contributed by atoms with Gasteiger partial charge in [0.25, 0.3) is 0 Å². The average Bonchev–Trinajstić information content (AvgIpc) is 2.60. The quantitative estimate of drug-likeness (QED) is 0.792. The Morgan fingerprint density at radius 3 is 2.73 bits per heavy atom. The summed E-state index contributed by atoms with van der Waals surface area (Å²) in [6, 6.07) is 9.93. The average molecular weight is 262 g/mol. The minimum atomic E-state index is 0.401. The molecule has 1 heterocycles. The number of benzene rings is 1. The fourth-order valence-corrected chi connectivity index (χ4v) is 1.73. The molecule has 0 N–H and O–H groups in total. The van der Waals surface area contributed by atoms with Gasteiger partial charge in [0.05, 0.1) is 10.2 Å². The first-order valence-corrected chi connectivity index (χ1v) is 5.23. The SMILES string of the molecule is Cc1ccccc1-n1cc(Br)c(C#N)n1. The Morgan fingerprint density at radius 1 is 1.40 bits per heavy atom. The fraction of sp³-hybridized carbons (Fsp3) is 0.0909. The Balaban J connectivity index is 2.56. The monoisotopic (exact) mass is 261 g/mol. The predicted octanol–water partition coefficient (Wildman–Crippen LogP) is 2.81. The van der Waals surface area contributed by atoms with Crippen LogP contribution in [-0.2, 0) is 0 Å². The first-order valence-electron chi connectivity index (χ1n) is 4.43. The third-order valence-electron chi connectivity index (χ3n) is 2.14. The first-order chi connectivity index (χ1) is 7.22. The second kappa shape index (κ2) is 3.87. The van der Waals surface area contributed by atoms with Crippen molar-refractivity contribution in [1.82, 2.24) is 9.78 Å². The van der Waals surface area contributed by atoms with Crippen molar-refractivity contribution >= 4 is 15.9 Å². The Kier molecular flexibility index (Phi) is 2.57. The van der Waals surface area contributed by atoms with Gasteiger partial charge in [-0.05, 0) is 34.5 Å². The number of aromatic nitrogens is 2. The summed E-state index contributed by atoms with van der Waals surface area (Å²) < 4.78 is 2.42. The summed E-state index contributed by atoms with van der Waals surface area (Å²) in [5, 5.41) is 13.0. The van der Waals surface area contributed by atoms with Crippen LogP contribution in [0.1, 0.15) is 11.3 Å². The lowest BCUT2D eigenvalue weighted by Crippen LogP contribution is -1.97. The van der Waals surface area contributed by atoms with Crippen LogP contribution >= 0.6 is 15.9 Å². The summed E-state index contributed by atoms with van der Waals surface area (Å²) in [5.41, 5.74) is 2.51. The number of para-hydroxylation sites is 1. The largest absolute Gasteiger partial charge is 0.238 e. The third-order valence-corrected chi connectivity index (χ3v) is 2.72. The van der Waals surface area contributed by atoms with Crippen molar-refractivity contribution in [2.45, 2.75) is 6.92 Å². The van der Waals surface area contributed by atoms with Gasteiger partial charge in [-0.3, -0.25) is 0 Å². The second-order valence-electron chi connectivity index (χ2n) is 3.17. The van der Waals surface area contributed by atoms with E-state index in [4.69, 9.17) is 5.26 Å². The van der Waals surface area contributed by atoms with Crippen molar-refractivity contribution in [2.24, 2.45) is 0 Å². The lowest BCUT2D eigenvalue weighted by molar-refractivity contribution is 0.866. The van der Waals surface area contributed by atoms with E-state index < -0.39 is 0 Å². The molecular formula is C11H8BrN3. The fourth-order valence-electron chi connectivity index (χ4n) is 1.37. The molecule has 0 amide bonds. The molecule has 0 aliphatic rings. The van der Waals surface area contributed by atoms with Gasteiger partial charge in [0.15, 0.2) is 5.69 Å². The maximum atomic E-state index is 8.79. The molecule has 1 aromatic heterocycles.